The highest BCUT2D eigenvalue weighted by atomic mass is 16.2. The van der Waals surface area contributed by atoms with Gasteiger partial charge in [0.2, 0.25) is 11.8 Å². The van der Waals surface area contributed by atoms with Gasteiger partial charge in [-0.2, -0.15) is 0 Å². The second kappa shape index (κ2) is 3.83. The molecule has 1 saturated heterocycles. The van der Waals surface area contributed by atoms with Crippen LogP contribution >= 0.6 is 0 Å². The molecular formula is C11H18N2O2. The second-order valence-electron chi connectivity index (χ2n) is 4.95. The minimum atomic E-state index is -0.285. The number of amides is 2. The highest BCUT2D eigenvalue weighted by Crippen LogP contribution is 2.28. The van der Waals surface area contributed by atoms with Gasteiger partial charge in [0, 0.05) is 6.04 Å². The van der Waals surface area contributed by atoms with Crippen LogP contribution in [-0.2, 0) is 9.59 Å². The molecule has 4 heteroatoms. The molecule has 1 aliphatic heterocycles. The van der Waals surface area contributed by atoms with Gasteiger partial charge < -0.3 is 10.2 Å². The maximum atomic E-state index is 12.0. The van der Waals surface area contributed by atoms with Gasteiger partial charge in [-0.05, 0) is 25.2 Å². The number of carbonyl (C=O) groups is 2. The van der Waals surface area contributed by atoms with Crippen molar-refractivity contribution in [3.05, 3.63) is 0 Å². The first-order chi connectivity index (χ1) is 7.08. The molecule has 84 valence electrons. The lowest BCUT2D eigenvalue weighted by Gasteiger charge is -2.33. The van der Waals surface area contributed by atoms with Crippen molar-refractivity contribution < 1.29 is 9.59 Å². The van der Waals surface area contributed by atoms with E-state index < -0.39 is 0 Å². The Hall–Kier alpha value is -1.06. The smallest absolute Gasteiger partial charge is 0.245 e. The number of nitrogens with one attached hydrogen (secondary N) is 1. The highest BCUT2D eigenvalue weighted by molar-refractivity contribution is 5.95. The molecule has 0 aromatic carbocycles. The molecule has 2 amide bonds. The Morgan fingerprint density at radius 3 is 2.60 bits per heavy atom. The lowest BCUT2D eigenvalue weighted by Crippen LogP contribution is -2.58. The van der Waals surface area contributed by atoms with Crippen molar-refractivity contribution in [2.75, 3.05) is 6.54 Å². The maximum absolute atomic E-state index is 12.0. The summed E-state index contributed by atoms with van der Waals surface area (Å²) in [7, 11) is 0. The summed E-state index contributed by atoms with van der Waals surface area (Å²) in [5, 5.41) is 2.78. The van der Waals surface area contributed by atoms with E-state index in [0.717, 1.165) is 19.3 Å². The molecule has 0 spiro atoms. The SMILES string of the molecule is CC(C)CC1NC(=O)CN(C2CC2)C1=O. The molecule has 0 aromatic heterocycles. The Labute approximate surface area is 90.0 Å². The van der Waals surface area contributed by atoms with E-state index in [1.54, 1.807) is 4.90 Å². The van der Waals surface area contributed by atoms with Crippen LogP contribution in [0, 0.1) is 5.92 Å². The van der Waals surface area contributed by atoms with E-state index in [2.05, 4.69) is 19.2 Å². The third-order valence-electron chi connectivity index (χ3n) is 2.93. The van der Waals surface area contributed by atoms with Crippen LogP contribution in [0.25, 0.3) is 0 Å². The van der Waals surface area contributed by atoms with Gasteiger partial charge in [0.1, 0.15) is 6.04 Å². The standard InChI is InChI=1S/C11H18N2O2/c1-7(2)5-9-11(15)13(8-3-4-8)6-10(14)12-9/h7-9H,3-6H2,1-2H3,(H,12,14). The number of hydrogen-bond donors (Lipinski definition) is 1. The Bertz CT molecular complexity index is 284. The molecule has 1 unspecified atom stereocenters. The quantitative estimate of drug-likeness (QED) is 0.738. The molecule has 4 nitrogen and oxygen atoms in total. The predicted octanol–water partition coefficient (Wildman–Crippen LogP) is 0.522. The zero-order valence-electron chi connectivity index (χ0n) is 9.32. The summed E-state index contributed by atoms with van der Waals surface area (Å²) in [5.74, 6) is 0.538. The third kappa shape index (κ3) is 2.30. The summed E-state index contributed by atoms with van der Waals surface area (Å²) >= 11 is 0. The molecule has 2 rings (SSSR count). The van der Waals surface area contributed by atoms with Crippen molar-refractivity contribution in [3.63, 3.8) is 0 Å². The molecule has 1 heterocycles. The van der Waals surface area contributed by atoms with Crippen LogP contribution in [-0.4, -0.2) is 35.3 Å². The minimum Gasteiger partial charge on any atom is -0.343 e. The van der Waals surface area contributed by atoms with Gasteiger partial charge in [0.25, 0.3) is 0 Å². The zero-order valence-corrected chi connectivity index (χ0v) is 9.32. The van der Waals surface area contributed by atoms with Crippen LogP contribution in [0.15, 0.2) is 0 Å². The van der Waals surface area contributed by atoms with E-state index in [9.17, 15) is 9.59 Å². The minimum absolute atomic E-state index is 0.00727. The number of piperazine rings is 1. The Balaban J connectivity index is 2.03. The first-order valence-electron chi connectivity index (χ1n) is 5.67. The molecule has 0 radical (unpaired) electrons. The van der Waals surface area contributed by atoms with Gasteiger partial charge in [-0.15, -0.1) is 0 Å². The fourth-order valence-electron chi connectivity index (χ4n) is 2.06. The molecule has 2 fully saturated rings. The Kier molecular flexibility index (Phi) is 2.67. The monoisotopic (exact) mass is 210 g/mol. The average molecular weight is 210 g/mol. The number of hydrogen-bond acceptors (Lipinski definition) is 2. The van der Waals surface area contributed by atoms with Crippen molar-refractivity contribution >= 4 is 11.8 Å². The fraction of sp³-hybridized carbons (Fsp3) is 0.818. The lowest BCUT2D eigenvalue weighted by atomic mass is 10.0. The predicted molar refractivity (Wildman–Crippen MR) is 56.1 cm³/mol. The number of nitrogens with zero attached hydrogens (tertiary/aromatic N) is 1. The first kappa shape index (κ1) is 10.5. The first-order valence-corrected chi connectivity index (χ1v) is 5.67. The van der Waals surface area contributed by atoms with E-state index >= 15 is 0 Å². The van der Waals surface area contributed by atoms with Crippen molar-refractivity contribution in [2.45, 2.75) is 45.2 Å². The van der Waals surface area contributed by atoms with Gasteiger partial charge in [-0.25, -0.2) is 0 Å². The van der Waals surface area contributed by atoms with Crippen LogP contribution in [0.3, 0.4) is 0 Å². The summed E-state index contributed by atoms with van der Waals surface area (Å²) in [6.45, 7) is 4.39. The van der Waals surface area contributed by atoms with Crippen LogP contribution in [0.5, 0.6) is 0 Å². The normalized spacial score (nSPS) is 27.1. The van der Waals surface area contributed by atoms with Gasteiger partial charge >= 0.3 is 0 Å². The van der Waals surface area contributed by atoms with E-state index in [1.165, 1.54) is 0 Å². The van der Waals surface area contributed by atoms with Crippen LogP contribution in [0.2, 0.25) is 0 Å². The largest absolute Gasteiger partial charge is 0.343 e. The molecule has 1 N–H and O–H groups in total. The van der Waals surface area contributed by atoms with E-state index in [4.69, 9.17) is 0 Å². The molecule has 1 atom stereocenters. The molecule has 15 heavy (non-hydrogen) atoms. The molecule has 0 bridgehead atoms. The van der Waals surface area contributed by atoms with Gasteiger partial charge in [-0.1, -0.05) is 13.8 Å². The summed E-state index contributed by atoms with van der Waals surface area (Å²) in [6, 6.07) is 0.0602. The summed E-state index contributed by atoms with van der Waals surface area (Å²) < 4.78 is 0. The van der Waals surface area contributed by atoms with Gasteiger partial charge in [0.15, 0.2) is 0 Å². The van der Waals surface area contributed by atoms with Crippen LogP contribution < -0.4 is 5.32 Å². The second-order valence-corrected chi connectivity index (χ2v) is 4.95. The molecular weight excluding hydrogens is 192 g/mol. The van der Waals surface area contributed by atoms with Crippen molar-refractivity contribution in [1.29, 1.82) is 0 Å². The van der Waals surface area contributed by atoms with E-state index in [0.29, 0.717) is 12.0 Å². The summed E-state index contributed by atoms with van der Waals surface area (Å²) in [5.41, 5.74) is 0. The topological polar surface area (TPSA) is 49.4 Å². The average Bonchev–Trinajstić information content (AvgIpc) is 2.92. The number of carbonyl (C=O) groups excluding carboxylic acids is 2. The summed E-state index contributed by atoms with van der Waals surface area (Å²) in [4.78, 5) is 25.2. The molecule has 1 aliphatic carbocycles. The highest BCUT2D eigenvalue weighted by Gasteiger charge is 2.40. The van der Waals surface area contributed by atoms with Gasteiger partial charge in [0.05, 0.1) is 6.54 Å². The summed E-state index contributed by atoms with van der Waals surface area (Å²) in [6.07, 6.45) is 2.87. The van der Waals surface area contributed by atoms with Crippen molar-refractivity contribution in [1.82, 2.24) is 10.2 Å². The van der Waals surface area contributed by atoms with E-state index in [1.807, 2.05) is 0 Å². The Morgan fingerprint density at radius 1 is 1.40 bits per heavy atom. The van der Waals surface area contributed by atoms with Crippen LogP contribution in [0.1, 0.15) is 33.1 Å². The van der Waals surface area contributed by atoms with Gasteiger partial charge in [-0.3, -0.25) is 9.59 Å². The Morgan fingerprint density at radius 2 is 2.07 bits per heavy atom. The van der Waals surface area contributed by atoms with Crippen molar-refractivity contribution in [2.24, 2.45) is 5.92 Å². The zero-order chi connectivity index (χ0) is 11.0. The van der Waals surface area contributed by atoms with E-state index in [-0.39, 0.29) is 24.4 Å². The van der Waals surface area contributed by atoms with Crippen LogP contribution in [0.4, 0.5) is 0 Å². The molecule has 1 saturated carbocycles. The fourth-order valence-corrected chi connectivity index (χ4v) is 2.06. The number of rotatable bonds is 3. The maximum Gasteiger partial charge on any atom is 0.245 e. The molecule has 0 aromatic rings. The lowest BCUT2D eigenvalue weighted by molar-refractivity contribution is -0.145. The third-order valence-corrected chi connectivity index (χ3v) is 2.93. The van der Waals surface area contributed by atoms with Crippen molar-refractivity contribution in [3.8, 4) is 0 Å². The molecule has 2 aliphatic rings.